The molecule has 1 amide bonds. The number of thioether (sulfide) groups is 1. The quantitative estimate of drug-likeness (QED) is 0.445. The smallest absolute Gasteiger partial charge is 0.317 e. The van der Waals surface area contributed by atoms with Crippen molar-refractivity contribution >= 4 is 29.3 Å². The van der Waals surface area contributed by atoms with E-state index in [9.17, 15) is 9.59 Å². The Morgan fingerprint density at radius 2 is 2.10 bits per heavy atom. The van der Waals surface area contributed by atoms with Gasteiger partial charge in [0.1, 0.15) is 0 Å². The molecule has 29 heavy (non-hydrogen) atoms. The Balaban J connectivity index is 1.54. The lowest BCUT2D eigenvalue weighted by Crippen LogP contribution is -2.30. The Morgan fingerprint density at radius 3 is 2.79 bits per heavy atom. The predicted octanol–water partition coefficient (Wildman–Crippen LogP) is 3.53. The van der Waals surface area contributed by atoms with E-state index in [-0.39, 0.29) is 11.7 Å². The molecule has 0 aliphatic carbocycles. The summed E-state index contributed by atoms with van der Waals surface area (Å²) in [6.07, 6.45) is 0.656. The highest BCUT2D eigenvalue weighted by Gasteiger charge is 2.20. The average Bonchev–Trinajstić information content (AvgIpc) is 3.35. The zero-order valence-electron chi connectivity index (χ0n) is 16.4. The van der Waals surface area contributed by atoms with Crippen molar-refractivity contribution in [2.75, 3.05) is 11.1 Å². The Bertz CT molecular complexity index is 984. The topological polar surface area (TPSA) is 99.2 Å². The fraction of sp³-hybridized carbons (Fsp3) is 0.300. The monoisotopic (exact) mass is 414 g/mol. The van der Waals surface area contributed by atoms with Crippen molar-refractivity contribution in [2.24, 2.45) is 0 Å². The molecule has 0 saturated heterocycles. The van der Waals surface area contributed by atoms with Gasteiger partial charge in [-0.1, -0.05) is 23.9 Å². The molecule has 0 unspecified atom stereocenters. The normalized spacial score (nSPS) is 11.8. The molecule has 0 aliphatic rings. The largest absolute Gasteiger partial charge is 0.461 e. The minimum Gasteiger partial charge on any atom is -0.461 e. The van der Waals surface area contributed by atoms with E-state index in [1.165, 1.54) is 18.7 Å². The van der Waals surface area contributed by atoms with E-state index in [0.29, 0.717) is 29.0 Å². The number of hydrogen-bond donors (Lipinski definition) is 1. The van der Waals surface area contributed by atoms with Gasteiger partial charge >= 0.3 is 5.97 Å². The van der Waals surface area contributed by atoms with Crippen molar-refractivity contribution < 1.29 is 18.7 Å². The van der Waals surface area contributed by atoms with E-state index in [1.807, 2.05) is 36.6 Å². The third kappa shape index (κ3) is 5.26. The summed E-state index contributed by atoms with van der Waals surface area (Å²) in [5.74, 6) is 0.325. The highest BCUT2D eigenvalue weighted by atomic mass is 32.2. The summed E-state index contributed by atoms with van der Waals surface area (Å²) < 4.78 is 12.5. The Kier molecular flexibility index (Phi) is 6.71. The standard InChI is InChI=1S/C20H22N4O4S/c1-4-24-18(16-9-6-10-27-16)22-23-20(24)29-12-17(25)28-14(3)19(26)21-15-8-5-7-13(2)11-15/h5-11,14H,4,12H2,1-3H3,(H,21,26)/t14-/m1/s1. The molecule has 3 aromatic rings. The highest BCUT2D eigenvalue weighted by molar-refractivity contribution is 7.99. The molecule has 3 rings (SSSR count). The van der Waals surface area contributed by atoms with Crippen molar-refractivity contribution in [3.8, 4) is 11.6 Å². The van der Waals surface area contributed by atoms with Crippen LogP contribution in [0, 0.1) is 6.92 Å². The lowest BCUT2D eigenvalue weighted by Gasteiger charge is -2.13. The van der Waals surface area contributed by atoms with Crippen molar-refractivity contribution in [1.29, 1.82) is 0 Å². The van der Waals surface area contributed by atoms with E-state index in [1.54, 1.807) is 24.5 Å². The Labute approximate surface area is 172 Å². The number of benzene rings is 1. The van der Waals surface area contributed by atoms with E-state index < -0.39 is 12.1 Å². The Morgan fingerprint density at radius 1 is 1.28 bits per heavy atom. The van der Waals surface area contributed by atoms with E-state index >= 15 is 0 Å². The van der Waals surface area contributed by atoms with Crippen LogP contribution in [-0.4, -0.2) is 38.5 Å². The number of aryl methyl sites for hydroxylation is 1. The van der Waals surface area contributed by atoms with Crippen LogP contribution in [0.5, 0.6) is 0 Å². The predicted molar refractivity (Wildman–Crippen MR) is 109 cm³/mol. The molecule has 9 heteroatoms. The van der Waals surface area contributed by atoms with Gasteiger partial charge in [-0.2, -0.15) is 0 Å². The summed E-state index contributed by atoms with van der Waals surface area (Å²) >= 11 is 1.20. The number of nitrogens with zero attached hydrogens (tertiary/aromatic N) is 3. The summed E-state index contributed by atoms with van der Waals surface area (Å²) in [5, 5.41) is 11.6. The number of carbonyl (C=O) groups excluding carboxylic acids is 2. The van der Waals surface area contributed by atoms with E-state index in [4.69, 9.17) is 9.15 Å². The van der Waals surface area contributed by atoms with Gasteiger partial charge in [-0.15, -0.1) is 10.2 Å². The van der Waals surface area contributed by atoms with Gasteiger partial charge in [-0.25, -0.2) is 0 Å². The molecule has 8 nitrogen and oxygen atoms in total. The highest BCUT2D eigenvalue weighted by Crippen LogP contribution is 2.24. The first kappa shape index (κ1) is 20.7. The Hall–Kier alpha value is -3.07. The van der Waals surface area contributed by atoms with Crippen LogP contribution >= 0.6 is 11.8 Å². The van der Waals surface area contributed by atoms with Crippen LogP contribution in [0.1, 0.15) is 19.4 Å². The number of hydrogen-bond acceptors (Lipinski definition) is 7. The first-order valence-corrected chi connectivity index (χ1v) is 10.1. The molecule has 1 aromatic carbocycles. The van der Waals surface area contributed by atoms with Crippen LogP contribution in [0.25, 0.3) is 11.6 Å². The SMILES string of the molecule is CCn1c(SCC(=O)O[C@H](C)C(=O)Nc2cccc(C)c2)nnc1-c1ccco1. The van der Waals surface area contributed by atoms with E-state index in [0.717, 1.165) is 5.56 Å². The number of nitrogens with one attached hydrogen (secondary N) is 1. The molecule has 0 aliphatic heterocycles. The molecule has 0 saturated carbocycles. The molecule has 0 fully saturated rings. The van der Waals surface area contributed by atoms with Crippen LogP contribution in [-0.2, 0) is 20.9 Å². The molecule has 2 aromatic heterocycles. The van der Waals surface area contributed by atoms with Gasteiger partial charge in [0.25, 0.3) is 5.91 Å². The summed E-state index contributed by atoms with van der Waals surface area (Å²) in [5.41, 5.74) is 1.69. The maximum atomic E-state index is 12.2. The molecule has 2 heterocycles. The molecule has 0 radical (unpaired) electrons. The van der Waals surface area contributed by atoms with Gasteiger partial charge in [0, 0.05) is 12.2 Å². The number of furan rings is 1. The molecular weight excluding hydrogens is 392 g/mol. The number of carbonyl (C=O) groups is 2. The number of esters is 1. The van der Waals surface area contributed by atoms with E-state index in [2.05, 4.69) is 15.5 Å². The molecular formula is C20H22N4O4S. The second-order valence-corrected chi connectivity index (χ2v) is 7.25. The van der Waals surface area contributed by atoms with Gasteiger partial charge in [0.15, 0.2) is 22.8 Å². The average molecular weight is 414 g/mol. The number of aromatic nitrogens is 3. The van der Waals surface area contributed by atoms with Crippen LogP contribution < -0.4 is 5.32 Å². The fourth-order valence-corrected chi connectivity index (χ4v) is 3.43. The van der Waals surface area contributed by atoms with Crippen molar-refractivity contribution in [3.63, 3.8) is 0 Å². The minimum absolute atomic E-state index is 0.0123. The third-order valence-corrected chi connectivity index (χ3v) is 5.00. The molecule has 0 bridgehead atoms. The van der Waals surface area contributed by atoms with Crippen LogP contribution in [0.4, 0.5) is 5.69 Å². The second-order valence-electron chi connectivity index (χ2n) is 6.31. The number of rotatable bonds is 8. The van der Waals surface area contributed by atoms with Gasteiger partial charge in [0.05, 0.1) is 12.0 Å². The third-order valence-electron chi connectivity index (χ3n) is 4.06. The van der Waals surface area contributed by atoms with Gasteiger partial charge in [-0.05, 0) is 50.6 Å². The van der Waals surface area contributed by atoms with Crippen LogP contribution in [0.3, 0.4) is 0 Å². The summed E-state index contributed by atoms with van der Waals surface area (Å²) in [6, 6.07) is 11.0. The van der Waals surface area contributed by atoms with Crippen molar-refractivity contribution in [3.05, 3.63) is 48.2 Å². The van der Waals surface area contributed by atoms with Gasteiger partial charge < -0.3 is 14.5 Å². The number of amides is 1. The number of ether oxygens (including phenoxy) is 1. The van der Waals surface area contributed by atoms with Crippen molar-refractivity contribution in [1.82, 2.24) is 14.8 Å². The van der Waals surface area contributed by atoms with Crippen molar-refractivity contribution in [2.45, 2.75) is 38.6 Å². The fourth-order valence-electron chi connectivity index (χ4n) is 2.64. The molecule has 0 spiro atoms. The summed E-state index contributed by atoms with van der Waals surface area (Å²) in [6.45, 7) is 6.05. The molecule has 1 N–H and O–H groups in total. The first-order valence-electron chi connectivity index (χ1n) is 9.14. The summed E-state index contributed by atoms with van der Waals surface area (Å²) in [7, 11) is 0. The number of anilines is 1. The van der Waals surface area contributed by atoms with Crippen LogP contribution in [0.15, 0.2) is 52.2 Å². The zero-order valence-corrected chi connectivity index (χ0v) is 17.2. The minimum atomic E-state index is -0.911. The first-order chi connectivity index (χ1) is 14.0. The maximum absolute atomic E-state index is 12.2. The van der Waals surface area contributed by atoms with Crippen LogP contribution in [0.2, 0.25) is 0 Å². The summed E-state index contributed by atoms with van der Waals surface area (Å²) in [4.78, 5) is 24.4. The lowest BCUT2D eigenvalue weighted by atomic mass is 10.2. The lowest BCUT2D eigenvalue weighted by molar-refractivity contribution is -0.150. The van der Waals surface area contributed by atoms with Gasteiger partial charge in [-0.3, -0.25) is 14.2 Å². The maximum Gasteiger partial charge on any atom is 0.317 e. The van der Waals surface area contributed by atoms with Gasteiger partial charge in [0.2, 0.25) is 0 Å². The zero-order chi connectivity index (χ0) is 20.8. The molecule has 152 valence electrons. The second kappa shape index (κ2) is 9.42. The molecule has 1 atom stereocenters.